The number of rotatable bonds is 4. The smallest absolute Gasteiger partial charge is 0.434 e. The Morgan fingerprint density at radius 2 is 1.97 bits per heavy atom. The van der Waals surface area contributed by atoms with Crippen LogP contribution in [0.2, 0.25) is 0 Å². The van der Waals surface area contributed by atoms with Crippen molar-refractivity contribution in [3.8, 4) is 11.3 Å². The SMILES string of the molecule is C[C@H]1[C@@H](CO)OC(=O)N1c1cc(-c2cnc(N)nc2C(F)(F)F)nc(N2CCOCC2)n1. The van der Waals surface area contributed by atoms with Crippen molar-refractivity contribution in [2.45, 2.75) is 25.2 Å². The van der Waals surface area contributed by atoms with Gasteiger partial charge in [0, 0.05) is 30.9 Å². The quantitative estimate of drug-likeness (QED) is 0.688. The Morgan fingerprint density at radius 3 is 2.59 bits per heavy atom. The number of nitrogens with zero attached hydrogens (tertiary/aromatic N) is 6. The van der Waals surface area contributed by atoms with Gasteiger partial charge in [0.05, 0.1) is 31.6 Å². The molecular formula is C18H20F3N7O4. The zero-order chi connectivity index (χ0) is 23.0. The highest BCUT2D eigenvalue weighted by Gasteiger charge is 2.41. The monoisotopic (exact) mass is 455 g/mol. The van der Waals surface area contributed by atoms with Gasteiger partial charge in [-0.2, -0.15) is 18.2 Å². The minimum absolute atomic E-state index is 0.0230. The number of hydrogen-bond acceptors (Lipinski definition) is 10. The van der Waals surface area contributed by atoms with Crippen molar-refractivity contribution in [2.24, 2.45) is 0 Å². The summed E-state index contributed by atoms with van der Waals surface area (Å²) in [6.07, 6.45) is -5.47. The van der Waals surface area contributed by atoms with Crippen LogP contribution in [0.15, 0.2) is 12.3 Å². The van der Waals surface area contributed by atoms with E-state index in [4.69, 9.17) is 15.2 Å². The number of nitrogen functional groups attached to an aromatic ring is 1. The lowest BCUT2D eigenvalue weighted by atomic mass is 10.1. The topological polar surface area (TPSA) is 140 Å². The Morgan fingerprint density at radius 1 is 1.25 bits per heavy atom. The molecule has 2 atom stereocenters. The summed E-state index contributed by atoms with van der Waals surface area (Å²) < 4.78 is 51.4. The molecule has 0 radical (unpaired) electrons. The molecule has 2 aromatic rings. The standard InChI is InChI=1S/C18H20F3N7O4/c1-9-12(8-29)32-17(30)28(9)13-6-11(24-16(25-13)27-2-4-31-5-3-27)10-7-23-15(22)26-14(10)18(19,20)21/h6-7,9,12,29H,2-5,8H2,1H3,(H2,22,23,26)/t9-,12+/m0/s1. The van der Waals surface area contributed by atoms with Crippen LogP contribution in [0.4, 0.5) is 35.7 Å². The highest BCUT2D eigenvalue weighted by Crippen LogP contribution is 2.37. The van der Waals surface area contributed by atoms with Crippen molar-refractivity contribution < 1.29 is 32.5 Å². The second kappa shape index (κ2) is 8.35. The number of hydrogen-bond donors (Lipinski definition) is 2. The van der Waals surface area contributed by atoms with Gasteiger partial charge >= 0.3 is 12.3 Å². The van der Waals surface area contributed by atoms with E-state index in [-0.39, 0.29) is 17.5 Å². The van der Waals surface area contributed by atoms with Crippen LogP contribution >= 0.6 is 0 Å². The lowest BCUT2D eigenvalue weighted by molar-refractivity contribution is -0.140. The fourth-order valence-corrected chi connectivity index (χ4v) is 3.50. The summed E-state index contributed by atoms with van der Waals surface area (Å²) in [7, 11) is 0. The van der Waals surface area contributed by atoms with Gasteiger partial charge < -0.3 is 25.2 Å². The van der Waals surface area contributed by atoms with Gasteiger partial charge in [0.15, 0.2) is 5.69 Å². The number of anilines is 3. The minimum atomic E-state index is -4.82. The number of cyclic esters (lactones) is 1. The first-order valence-corrected chi connectivity index (χ1v) is 9.71. The number of nitrogens with two attached hydrogens (primary N) is 1. The molecule has 0 aliphatic carbocycles. The molecule has 1 amide bonds. The van der Waals surface area contributed by atoms with Crippen LogP contribution in [0.25, 0.3) is 11.3 Å². The van der Waals surface area contributed by atoms with Gasteiger partial charge in [-0.05, 0) is 6.92 Å². The third-order valence-corrected chi connectivity index (χ3v) is 5.17. The maximum absolute atomic E-state index is 13.7. The fourth-order valence-electron chi connectivity index (χ4n) is 3.50. The number of carbonyl (C=O) groups excluding carboxylic acids is 1. The first kappa shape index (κ1) is 22.0. The summed E-state index contributed by atoms with van der Waals surface area (Å²) in [4.78, 5) is 31.1. The third-order valence-electron chi connectivity index (χ3n) is 5.17. The van der Waals surface area contributed by atoms with E-state index < -0.39 is 48.2 Å². The summed E-state index contributed by atoms with van der Waals surface area (Å²) in [5.74, 6) is -0.403. The van der Waals surface area contributed by atoms with Crippen molar-refractivity contribution in [1.82, 2.24) is 19.9 Å². The molecule has 4 heterocycles. The molecule has 4 rings (SSSR count). The van der Waals surface area contributed by atoms with E-state index in [9.17, 15) is 23.1 Å². The largest absolute Gasteiger partial charge is 0.441 e. The summed E-state index contributed by atoms with van der Waals surface area (Å²) in [6.45, 7) is 2.81. The average molecular weight is 455 g/mol. The molecular weight excluding hydrogens is 435 g/mol. The van der Waals surface area contributed by atoms with Gasteiger partial charge in [0.1, 0.15) is 11.9 Å². The molecule has 0 bridgehead atoms. The van der Waals surface area contributed by atoms with Crippen molar-refractivity contribution in [1.29, 1.82) is 0 Å². The zero-order valence-corrected chi connectivity index (χ0v) is 16.9. The van der Waals surface area contributed by atoms with E-state index >= 15 is 0 Å². The zero-order valence-electron chi connectivity index (χ0n) is 16.9. The second-order valence-corrected chi connectivity index (χ2v) is 7.21. The molecule has 11 nitrogen and oxygen atoms in total. The fraction of sp³-hybridized carbons (Fsp3) is 0.500. The van der Waals surface area contributed by atoms with E-state index in [1.165, 1.54) is 11.0 Å². The van der Waals surface area contributed by atoms with Crippen LogP contribution in [0, 0.1) is 0 Å². The molecule has 14 heteroatoms. The first-order chi connectivity index (χ1) is 15.2. The van der Waals surface area contributed by atoms with E-state index in [1.807, 2.05) is 0 Å². The van der Waals surface area contributed by atoms with Crippen LogP contribution in [0.5, 0.6) is 0 Å². The lowest BCUT2D eigenvalue weighted by Crippen LogP contribution is -2.39. The highest BCUT2D eigenvalue weighted by molar-refractivity contribution is 5.90. The molecule has 2 saturated heterocycles. The minimum Gasteiger partial charge on any atom is -0.441 e. The molecule has 2 aliphatic rings. The number of morpholine rings is 1. The van der Waals surface area contributed by atoms with Crippen LogP contribution in [-0.2, 0) is 15.7 Å². The van der Waals surface area contributed by atoms with Crippen LogP contribution in [-0.4, -0.2) is 76.2 Å². The van der Waals surface area contributed by atoms with Crippen molar-refractivity contribution in [2.75, 3.05) is 48.4 Å². The Bertz CT molecular complexity index is 1020. The second-order valence-electron chi connectivity index (χ2n) is 7.21. The van der Waals surface area contributed by atoms with Crippen LogP contribution < -0.4 is 15.5 Å². The number of aliphatic hydroxyl groups is 1. The average Bonchev–Trinajstić information content (AvgIpc) is 3.06. The maximum Gasteiger partial charge on any atom is 0.434 e. The molecule has 0 aromatic carbocycles. The Balaban J connectivity index is 1.87. The molecule has 0 unspecified atom stereocenters. The van der Waals surface area contributed by atoms with Crippen LogP contribution in [0.1, 0.15) is 12.6 Å². The summed E-state index contributed by atoms with van der Waals surface area (Å²) in [6, 6.07) is 0.614. The predicted molar refractivity (Wildman–Crippen MR) is 105 cm³/mol. The molecule has 3 N–H and O–H groups in total. The van der Waals surface area contributed by atoms with Gasteiger partial charge in [-0.25, -0.2) is 19.7 Å². The number of amides is 1. The van der Waals surface area contributed by atoms with E-state index in [1.54, 1.807) is 11.8 Å². The number of alkyl halides is 3. The molecule has 32 heavy (non-hydrogen) atoms. The predicted octanol–water partition coefficient (Wildman–Crippen LogP) is 1.08. The third kappa shape index (κ3) is 4.10. The number of ether oxygens (including phenoxy) is 2. The number of carbonyl (C=O) groups is 1. The molecule has 0 saturated carbocycles. The van der Waals surface area contributed by atoms with E-state index in [0.717, 1.165) is 6.20 Å². The summed E-state index contributed by atoms with van der Waals surface area (Å²) in [5, 5.41) is 9.45. The van der Waals surface area contributed by atoms with Crippen molar-refractivity contribution in [3.63, 3.8) is 0 Å². The number of aromatic nitrogens is 4. The summed E-state index contributed by atoms with van der Waals surface area (Å²) in [5.41, 5.74) is 3.56. The Kier molecular flexibility index (Phi) is 5.73. The Hall–Kier alpha value is -3.26. The van der Waals surface area contributed by atoms with Crippen LogP contribution in [0.3, 0.4) is 0 Å². The number of aliphatic hydroxyl groups excluding tert-OH is 1. The van der Waals surface area contributed by atoms with Gasteiger partial charge in [0.25, 0.3) is 0 Å². The van der Waals surface area contributed by atoms with Gasteiger partial charge in [0.2, 0.25) is 11.9 Å². The lowest BCUT2D eigenvalue weighted by Gasteiger charge is -2.28. The van der Waals surface area contributed by atoms with Gasteiger partial charge in [-0.15, -0.1) is 0 Å². The van der Waals surface area contributed by atoms with Crippen molar-refractivity contribution >= 4 is 23.8 Å². The van der Waals surface area contributed by atoms with E-state index in [2.05, 4.69) is 19.9 Å². The maximum atomic E-state index is 13.7. The highest BCUT2D eigenvalue weighted by atomic mass is 19.4. The molecule has 2 aromatic heterocycles. The normalized spacial score (nSPS) is 21.7. The molecule has 2 fully saturated rings. The van der Waals surface area contributed by atoms with E-state index in [0.29, 0.717) is 26.3 Å². The Labute approximate surface area is 180 Å². The first-order valence-electron chi connectivity index (χ1n) is 9.71. The van der Waals surface area contributed by atoms with Gasteiger partial charge in [-0.1, -0.05) is 0 Å². The number of halogens is 3. The molecule has 172 valence electrons. The molecule has 0 spiro atoms. The summed E-state index contributed by atoms with van der Waals surface area (Å²) >= 11 is 0. The van der Waals surface area contributed by atoms with Gasteiger partial charge in [-0.3, -0.25) is 4.90 Å². The molecule has 2 aliphatic heterocycles. The van der Waals surface area contributed by atoms with Crippen molar-refractivity contribution in [3.05, 3.63) is 18.0 Å².